The molecule has 0 aliphatic carbocycles. The normalized spacial score (nSPS) is 15.6. The number of hydrogen-bond donors (Lipinski definition) is 1. The molecule has 0 spiro atoms. The molecular weight excluding hydrogens is 282 g/mol. The summed E-state index contributed by atoms with van der Waals surface area (Å²) in [7, 11) is 0. The van der Waals surface area contributed by atoms with E-state index in [0.29, 0.717) is 18.5 Å². The molecule has 17 heavy (non-hydrogen) atoms. The molecule has 0 fully saturated rings. The number of carboxylic acid groups (broad SMARTS) is 1. The molecule has 90 valence electrons. The Hall–Kier alpha value is -1.29. The molecule has 1 aromatic carbocycles. The van der Waals surface area contributed by atoms with Gasteiger partial charge in [-0.05, 0) is 37.1 Å². The fourth-order valence-corrected chi connectivity index (χ4v) is 2.17. The number of hydrogen-bond acceptors (Lipinski definition) is 2. The Morgan fingerprint density at radius 1 is 1.47 bits per heavy atom. The lowest BCUT2D eigenvalue weighted by molar-refractivity contribution is -0.132. The Morgan fingerprint density at radius 3 is 2.76 bits per heavy atom. The summed E-state index contributed by atoms with van der Waals surface area (Å²) in [5.74, 6) is -0.795. The highest BCUT2D eigenvalue weighted by Crippen LogP contribution is 2.25. The molecule has 0 radical (unpaired) electrons. The van der Waals surface area contributed by atoms with Crippen molar-refractivity contribution in [1.29, 1.82) is 0 Å². The Labute approximate surface area is 109 Å². The Kier molecular flexibility index (Phi) is 3.52. The van der Waals surface area contributed by atoms with E-state index >= 15 is 0 Å². The van der Waals surface area contributed by atoms with Crippen LogP contribution < -0.4 is 4.90 Å². The SMILES string of the molecule is Cc1cc(N2CC=C(C(=O)O)CC2)ccc1Br. The molecule has 1 N–H and O–H groups in total. The molecule has 1 aliphatic heterocycles. The standard InChI is InChI=1S/C13H14BrNO2/c1-9-8-11(2-3-12(9)14)15-6-4-10(5-7-15)13(16)17/h2-4,8H,5-7H2,1H3,(H,16,17). The van der Waals surface area contributed by atoms with Gasteiger partial charge >= 0.3 is 5.97 Å². The van der Waals surface area contributed by atoms with Crippen molar-refractivity contribution in [3.8, 4) is 0 Å². The average molecular weight is 296 g/mol. The van der Waals surface area contributed by atoms with Gasteiger partial charge in [0.1, 0.15) is 0 Å². The highest BCUT2D eigenvalue weighted by Gasteiger charge is 2.16. The summed E-state index contributed by atoms with van der Waals surface area (Å²) in [5, 5.41) is 8.88. The van der Waals surface area contributed by atoms with Crippen LogP contribution in [0.1, 0.15) is 12.0 Å². The van der Waals surface area contributed by atoms with Crippen molar-refractivity contribution >= 4 is 27.6 Å². The number of benzene rings is 1. The van der Waals surface area contributed by atoms with Gasteiger partial charge in [0.05, 0.1) is 0 Å². The van der Waals surface area contributed by atoms with E-state index < -0.39 is 5.97 Å². The number of halogens is 1. The molecule has 2 rings (SSSR count). The van der Waals surface area contributed by atoms with Gasteiger partial charge in [-0.3, -0.25) is 0 Å². The number of carbonyl (C=O) groups is 1. The van der Waals surface area contributed by atoms with E-state index in [0.717, 1.165) is 16.7 Å². The van der Waals surface area contributed by atoms with Crippen LogP contribution in [0.3, 0.4) is 0 Å². The van der Waals surface area contributed by atoms with Crippen LogP contribution in [0.15, 0.2) is 34.3 Å². The number of aliphatic carboxylic acids is 1. The maximum atomic E-state index is 10.8. The van der Waals surface area contributed by atoms with E-state index in [1.807, 2.05) is 6.07 Å². The zero-order chi connectivity index (χ0) is 12.4. The lowest BCUT2D eigenvalue weighted by Gasteiger charge is -2.27. The summed E-state index contributed by atoms with van der Waals surface area (Å²) < 4.78 is 1.10. The molecule has 0 atom stereocenters. The number of carboxylic acids is 1. The van der Waals surface area contributed by atoms with Gasteiger partial charge in [-0.25, -0.2) is 4.79 Å². The van der Waals surface area contributed by atoms with E-state index in [9.17, 15) is 4.79 Å². The minimum absolute atomic E-state index is 0.523. The van der Waals surface area contributed by atoms with Crippen molar-refractivity contribution in [3.05, 3.63) is 39.9 Å². The molecule has 0 amide bonds. The highest BCUT2D eigenvalue weighted by atomic mass is 79.9. The van der Waals surface area contributed by atoms with E-state index in [-0.39, 0.29) is 0 Å². The monoisotopic (exact) mass is 295 g/mol. The highest BCUT2D eigenvalue weighted by molar-refractivity contribution is 9.10. The summed E-state index contributed by atoms with van der Waals surface area (Å²) in [6.45, 7) is 3.48. The molecule has 0 unspecified atom stereocenters. The van der Waals surface area contributed by atoms with Crippen molar-refractivity contribution in [1.82, 2.24) is 0 Å². The van der Waals surface area contributed by atoms with E-state index in [1.54, 1.807) is 6.08 Å². The first-order valence-corrected chi connectivity index (χ1v) is 6.30. The second kappa shape index (κ2) is 4.92. The molecule has 4 heteroatoms. The zero-order valence-corrected chi connectivity index (χ0v) is 11.2. The first-order valence-electron chi connectivity index (χ1n) is 5.51. The summed E-state index contributed by atoms with van der Waals surface area (Å²) in [4.78, 5) is 13.0. The van der Waals surface area contributed by atoms with Crippen molar-refractivity contribution < 1.29 is 9.90 Å². The fraction of sp³-hybridized carbons (Fsp3) is 0.308. The average Bonchev–Trinajstić information content (AvgIpc) is 2.33. The van der Waals surface area contributed by atoms with Crippen LogP contribution >= 0.6 is 15.9 Å². The van der Waals surface area contributed by atoms with Gasteiger partial charge in [0.2, 0.25) is 0 Å². The van der Waals surface area contributed by atoms with E-state index in [1.165, 1.54) is 5.56 Å². The third kappa shape index (κ3) is 2.69. The quantitative estimate of drug-likeness (QED) is 0.912. The zero-order valence-electron chi connectivity index (χ0n) is 9.61. The van der Waals surface area contributed by atoms with E-state index in [2.05, 4.69) is 39.9 Å². The smallest absolute Gasteiger partial charge is 0.331 e. The predicted octanol–water partition coefficient (Wildman–Crippen LogP) is 2.98. The summed E-state index contributed by atoms with van der Waals surface area (Å²) in [6, 6.07) is 6.20. The fourth-order valence-electron chi connectivity index (χ4n) is 1.92. The minimum Gasteiger partial charge on any atom is -0.478 e. The van der Waals surface area contributed by atoms with Crippen LogP contribution in [-0.4, -0.2) is 24.2 Å². The van der Waals surface area contributed by atoms with Gasteiger partial charge in [0, 0.05) is 28.8 Å². The van der Waals surface area contributed by atoms with Crippen LogP contribution in [0.2, 0.25) is 0 Å². The van der Waals surface area contributed by atoms with Gasteiger partial charge in [-0.1, -0.05) is 22.0 Å². The minimum atomic E-state index is -0.795. The van der Waals surface area contributed by atoms with Crippen molar-refractivity contribution in [2.24, 2.45) is 0 Å². The summed E-state index contributed by atoms with van der Waals surface area (Å²) in [5.41, 5.74) is 2.86. The van der Waals surface area contributed by atoms with Gasteiger partial charge in [0.15, 0.2) is 0 Å². The molecule has 1 heterocycles. The molecule has 0 aromatic heterocycles. The second-order valence-electron chi connectivity index (χ2n) is 4.16. The molecule has 3 nitrogen and oxygen atoms in total. The molecule has 0 saturated carbocycles. The first-order chi connectivity index (χ1) is 8.08. The first kappa shape index (κ1) is 12.2. The summed E-state index contributed by atoms with van der Waals surface area (Å²) >= 11 is 3.47. The molecular formula is C13H14BrNO2. The molecule has 0 saturated heterocycles. The molecule has 1 aliphatic rings. The number of rotatable bonds is 2. The van der Waals surface area contributed by atoms with Gasteiger partial charge in [-0.15, -0.1) is 0 Å². The third-order valence-electron chi connectivity index (χ3n) is 2.99. The van der Waals surface area contributed by atoms with Crippen LogP contribution in [0.5, 0.6) is 0 Å². The lowest BCUT2D eigenvalue weighted by Crippen LogP contribution is -2.30. The molecule has 1 aromatic rings. The third-order valence-corrected chi connectivity index (χ3v) is 3.88. The van der Waals surface area contributed by atoms with Gasteiger partial charge in [0.25, 0.3) is 0 Å². The van der Waals surface area contributed by atoms with Crippen LogP contribution in [0.25, 0.3) is 0 Å². The van der Waals surface area contributed by atoms with E-state index in [4.69, 9.17) is 5.11 Å². The van der Waals surface area contributed by atoms with Crippen molar-refractivity contribution in [2.75, 3.05) is 18.0 Å². The molecule has 0 bridgehead atoms. The number of nitrogens with zero attached hydrogens (tertiary/aromatic N) is 1. The lowest BCUT2D eigenvalue weighted by atomic mass is 10.1. The predicted molar refractivity (Wildman–Crippen MR) is 71.4 cm³/mol. The maximum absolute atomic E-state index is 10.8. The second-order valence-corrected chi connectivity index (χ2v) is 5.02. The van der Waals surface area contributed by atoms with Gasteiger partial charge < -0.3 is 10.0 Å². The topological polar surface area (TPSA) is 40.5 Å². The Balaban J connectivity index is 2.15. The summed E-state index contributed by atoms with van der Waals surface area (Å²) in [6.07, 6.45) is 2.40. The van der Waals surface area contributed by atoms with Crippen LogP contribution in [0, 0.1) is 6.92 Å². The van der Waals surface area contributed by atoms with Crippen LogP contribution in [-0.2, 0) is 4.79 Å². The largest absolute Gasteiger partial charge is 0.478 e. The Bertz CT molecular complexity index is 482. The maximum Gasteiger partial charge on any atom is 0.331 e. The van der Waals surface area contributed by atoms with Crippen molar-refractivity contribution in [2.45, 2.75) is 13.3 Å². The number of anilines is 1. The van der Waals surface area contributed by atoms with Crippen LogP contribution in [0.4, 0.5) is 5.69 Å². The Morgan fingerprint density at radius 2 is 2.24 bits per heavy atom. The number of aryl methyl sites for hydroxylation is 1. The van der Waals surface area contributed by atoms with Gasteiger partial charge in [-0.2, -0.15) is 0 Å². The van der Waals surface area contributed by atoms with Crippen molar-refractivity contribution in [3.63, 3.8) is 0 Å².